The van der Waals surface area contributed by atoms with Gasteiger partial charge < -0.3 is 0 Å². The van der Waals surface area contributed by atoms with Gasteiger partial charge in [0.1, 0.15) is 5.78 Å². The second-order valence-electron chi connectivity index (χ2n) is 8.28. The molecule has 4 atom stereocenters. The van der Waals surface area contributed by atoms with Crippen LogP contribution in [0.15, 0.2) is 49.1 Å². The van der Waals surface area contributed by atoms with E-state index in [0.29, 0.717) is 12.8 Å². The van der Waals surface area contributed by atoms with Gasteiger partial charge in [-0.3, -0.25) is 9.35 Å². The molecule has 0 saturated heterocycles. The van der Waals surface area contributed by atoms with Crippen LogP contribution >= 0.6 is 0 Å². The Hall–Kier alpha value is -1.46. The van der Waals surface area contributed by atoms with Crippen molar-refractivity contribution in [1.82, 2.24) is 0 Å². The van der Waals surface area contributed by atoms with Crippen molar-refractivity contribution < 1.29 is 17.8 Å². The maximum absolute atomic E-state index is 13.5. The highest BCUT2D eigenvalue weighted by Crippen LogP contribution is 2.70. The van der Waals surface area contributed by atoms with Gasteiger partial charge >= 0.3 is 0 Å². The summed E-state index contributed by atoms with van der Waals surface area (Å²) in [4.78, 5) is 13.5. The highest BCUT2D eigenvalue weighted by Gasteiger charge is 2.72. The minimum Gasteiger partial charge on any atom is -0.299 e. The fourth-order valence-corrected chi connectivity index (χ4v) is 6.83. The third-order valence-corrected chi connectivity index (χ3v) is 7.96. The average Bonchev–Trinajstić information content (AvgIpc) is 2.87. The van der Waals surface area contributed by atoms with Gasteiger partial charge in [0.15, 0.2) is 0 Å². The van der Waals surface area contributed by atoms with Gasteiger partial charge in [-0.2, -0.15) is 8.42 Å². The van der Waals surface area contributed by atoms with E-state index >= 15 is 0 Å². The number of hydrogen-bond acceptors (Lipinski definition) is 3. The van der Waals surface area contributed by atoms with Gasteiger partial charge in [-0.1, -0.05) is 50.8 Å². The molecule has 0 radical (unpaired) electrons. The van der Waals surface area contributed by atoms with E-state index in [0.717, 1.165) is 12.0 Å². The second kappa shape index (κ2) is 5.52. The topological polar surface area (TPSA) is 71.4 Å². The molecule has 25 heavy (non-hydrogen) atoms. The SMILES string of the molecule is C=CC1=CCC(C=C)(C2C(=O)C3(CS(=O)(=O)O)CCC2C3(C)C)C=C1. The van der Waals surface area contributed by atoms with Crippen LogP contribution in [0.3, 0.4) is 0 Å². The monoisotopic (exact) mass is 362 g/mol. The zero-order valence-corrected chi connectivity index (χ0v) is 15.7. The van der Waals surface area contributed by atoms with E-state index in [1.54, 1.807) is 6.08 Å². The number of carbonyl (C=O) groups excluding carboxylic acids is 1. The fourth-order valence-electron chi connectivity index (χ4n) is 5.55. The molecule has 0 heterocycles. The predicted molar refractivity (Wildman–Crippen MR) is 98.5 cm³/mol. The van der Waals surface area contributed by atoms with Crippen molar-refractivity contribution in [3.63, 3.8) is 0 Å². The number of rotatable bonds is 5. The zero-order chi connectivity index (χ0) is 18.7. The van der Waals surface area contributed by atoms with Gasteiger partial charge in [-0.05, 0) is 36.2 Å². The molecule has 0 aromatic heterocycles. The van der Waals surface area contributed by atoms with Crippen molar-refractivity contribution in [2.45, 2.75) is 33.1 Å². The summed E-state index contributed by atoms with van der Waals surface area (Å²) in [6.45, 7) is 11.7. The maximum Gasteiger partial charge on any atom is 0.265 e. The van der Waals surface area contributed by atoms with Crippen LogP contribution in [0.5, 0.6) is 0 Å². The van der Waals surface area contributed by atoms with Crippen LogP contribution in [0.25, 0.3) is 0 Å². The third-order valence-electron chi connectivity index (χ3n) is 7.10. The lowest BCUT2D eigenvalue weighted by molar-refractivity contribution is -0.133. The molecule has 0 spiro atoms. The van der Waals surface area contributed by atoms with E-state index < -0.39 is 32.1 Å². The Balaban J connectivity index is 2.07. The summed E-state index contributed by atoms with van der Waals surface area (Å²) in [6, 6.07) is 0. The summed E-state index contributed by atoms with van der Waals surface area (Å²) in [7, 11) is -4.24. The van der Waals surface area contributed by atoms with Crippen molar-refractivity contribution >= 4 is 15.9 Å². The standard InChI is InChI=1S/C20H26O4S/c1-5-14-7-10-19(6-2,11-8-14)16-15-9-12-20(17(16)21,18(15,3)4)13-25(22,23)24/h5-8,10,15-16H,1-2,9,11-13H2,3-4H3,(H,22,23,24). The highest BCUT2D eigenvalue weighted by atomic mass is 32.2. The van der Waals surface area contributed by atoms with Gasteiger partial charge in [0.05, 0.1) is 11.2 Å². The molecular weight excluding hydrogens is 336 g/mol. The Morgan fingerprint density at radius 1 is 1.36 bits per heavy atom. The van der Waals surface area contributed by atoms with Crippen LogP contribution in [0.1, 0.15) is 33.1 Å². The minimum atomic E-state index is -4.24. The first-order valence-electron chi connectivity index (χ1n) is 8.68. The van der Waals surface area contributed by atoms with Crippen LogP contribution < -0.4 is 0 Å². The predicted octanol–water partition coefficient (Wildman–Crippen LogP) is 3.74. The molecule has 3 aliphatic carbocycles. The minimum absolute atomic E-state index is 0.0358. The van der Waals surface area contributed by atoms with Crippen LogP contribution in [-0.2, 0) is 14.9 Å². The fraction of sp³-hybridized carbons (Fsp3) is 0.550. The van der Waals surface area contributed by atoms with Crippen LogP contribution in [0.4, 0.5) is 0 Å². The molecule has 0 amide bonds. The first-order valence-corrected chi connectivity index (χ1v) is 10.3. The molecule has 2 bridgehead atoms. The smallest absolute Gasteiger partial charge is 0.265 e. The summed E-state index contributed by atoms with van der Waals surface area (Å²) < 4.78 is 32.8. The molecule has 5 heteroatoms. The number of Topliss-reactive ketones (excluding diaryl/α,β-unsaturated/α-hetero) is 1. The average molecular weight is 362 g/mol. The Kier molecular flexibility index (Phi) is 4.05. The molecule has 136 valence electrons. The molecule has 0 aromatic carbocycles. The number of fused-ring (bicyclic) bond motifs is 2. The highest BCUT2D eigenvalue weighted by molar-refractivity contribution is 7.85. The molecule has 3 rings (SSSR count). The zero-order valence-electron chi connectivity index (χ0n) is 14.9. The molecule has 2 saturated carbocycles. The quantitative estimate of drug-likeness (QED) is 0.597. The largest absolute Gasteiger partial charge is 0.299 e. The van der Waals surface area contributed by atoms with Crippen molar-refractivity contribution in [2.24, 2.45) is 28.1 Å². The molecule has 4 unspecified atom stereocenters. The lowest BCUT2D eigenvalue weighted by Gasteiger charge is -2.40. The molecule has 3 aliphatic rings. The molecular formula is C20H26O4S. The molecule has 1 N–H and O–H groups in total. The molecule has 0 aliphatic heterocycles. The van der Waals surface area contributed by atoms with Gasteiger partial charge in [-0.15, -0.1) is 6.58 Å². The summed E-state index contributed by atoms with van der Waals surface area (Å²) in [5, 5.41) is 0. The number of allylic oxidation sites excluding steroid dienone is 6. The Bertz CT molecular complexity index is 802. The number of ketones is 1. The lowest BCUT2D eigenvalue weighted by atomic mass is 9.62. The molecule has 2 fully saturated rings. The van der Waals surface area contributed by atoms with E-state index in [1.807, 2.05) is 32.1 Å². The van der Waals surface area contributed by atoms with Crippen molar-refractivity contribution in [3.05, 3.63) is 49.1 Å². The van der Waals surface area contributed by atoms with E-state index in [-0.39, 0.29) is 17.6 Å². The van der Waals surface area contributed by atoms with Gasteiger partial charge in [0.2, 0.25) is 0 Å². The lowest BCUT2D eigenvalue weighted by Crippen LogP contribution is -2.45. The van der Waals surface area contributed by atoms with Crippen LogP contribution in [0, 0.1) is 28.1 Å². The molecule has 4 nitrogen and oxygen atoms in total. The first kappa shape index (κ1) is 18.3. The van der Waals surface area contributed by atoms with Crippen molar-refractivity contribution in [3.8, 4) is 0 Å². The van der Waals surface area contributed by atoms with Gasteiger partial charge in [0, 0.05) is 11.3 Å². The second-order valence-corrected chi connectivity index (χ2v) is 9.73. The number of carbonyl (C=O) groups is 1. The van der Waals surface area contributed by atoms with E-state index in [1.165, 1.54) is 0 Å². The van der Waals surface area contributed by atoms with E-state index in [2.05, 4.69) is 19.2 Å². The van der Waals surface area contributed by atoms with Crippen molar-refractivity contribution in [1.29, 1.82) is 0 Å². The molecule has 0 aromatic rings. The van der Waals surface area contributed by atoms with Gasteiger partial charge in [0.25, 0.3) is 10.1 Å². The summed E-state index contributed by atoms with van der Waals surface area (Å²) >= 11 is 0. The normalized spacial score (nSPS) is 39.3. The third kappa shape index (κ3) is 2.43. The van der Waals surface area contributed by atoms with E-state index in [4.69, 9.17) is 0 Å². The summed E-state index contributed by atoms with van der Waals surface area (Å²) in [5.74, 6) is -0.757. The van der Waals surface area contributed by atoms with E-state index in [9.17, 15) is 17.8 Å². The maximum atomic E-state index is 13.5. The summed E-state index contributed by atoms with van der Waals surface area (Å²) in [5.41, 5.74) is -0.980. The summed E-state index contributed by atoms with van der Waals surface area (Å²) in [6.07, 6.45) is 11.6. The van der Waals surface area contributed by atoms with Gasteiger partial charge in [-0.25, -0.2) is 0 Å². The van der Waals surface area contributed by atoms with Crippen LogP contribution in [-0.4, -0.2) is 24.5 Å². The Morgan fingerprint density at radius 2 is 2.04 bits per heavy atom. The Morgan fingerprint density at radius 3 is 2.52 bits per heavy atom. The van der Waals surface area contributed by atoms with Crippen molar-refractivity contribution in [2.75, 3.05) is 5.75 Å². The number of hydrogen-bond donors (Lipinski definition) is 1. The first-order chi connectivity index (χ1) is 11.5. The Labute approximate surface area is 150 Å². The van der Waals surface area contributed by atoms with Crippen LogP contribution in [0.2, 0.25) is 0 Å².